The summed E-state index contributed by atoms with van der Waals surface area (Å²) in [5.74, 6) is 0.747. The third kappa shape index (κ3) is 3.70. The van der Waals surface area contributed by atoms with E-state index >= 15 is 0 Å². The average molecular weight is 300 g/mol. The molecule has 2 rings (SSSR count). The van der Waals surface area contributed by atoms with Crippen LogP contribution in [0.15, 0.2) is 18.2 Å². The molecule has 0 spiro atoms. The number of anilines is 1. The first-order valence-corrected chi connectivity index (χ1v) is 7.46. The minimum absolute atomic E-state index is 0.118. The van der Waals surface area contributed by atoms with Crippen LogP contribution in [-0.2, 0) is 12.7 Å². The second-order valence-corrected chi connectivity index (χ2v) is 6.07. The predicted octanol–water partition coefficient (Wildman–Crippen LogP) is 4.18. The SMILES string of the molecule is CC1CCC(N(C)c2ccc(C(F)(F)F)cc2CN)CC1. The number of alkyl halides is 3. The molecule has 0 unspecified atom stereocenters. The van der Waals surface area contributed by atoms with Gasteiger partial charge in [0.2, 0.25) is 0 Å². The van der Waals surface area contributed by atoms with E-state index in [9.17, 15) is 13.2 Å². The number of hydrogen-bond acceptors (Lipinski definition) is 2. The Morgan fingerprint density at radius 3 is 2.33 bits per heavy atom. The topological polar surface area (TPSA) is 29.3 Å². The van der Waals surface area contributed by atoms with Crippen LogP contribution in [0, 0.1) is 5.92 Å². The van der Waals surface area contributed by atoms with Crippen molar-refractivity contribution in [2.75, 3.05) is 11.9 Å². The van der Waals surface area contributed by atoms with Gasteiger partial charge in [0, 0.05) is 25.3 Å². The Balaban J connectivity index is 2.22. The van der Waals surface area contributed by atoms with E-state index in [0.717, 1.165) is 30.5 Å². The molecule has 0 amide bonds. The van der Waals surface area contributed by atoms with Gasteiger partial charge >= 0.3 is 6.18 Å². The zero-order valence-electron chi connectivity index (χ0n) is 12.6. The highest BCUT2D eigenvalue weighted by atomic mass is 19.4. The van der Waals surface area contributed by atoms with Crippen molar-refractivity contribution in [2.24, 2.45) is 11.7 Å². The summed E-state index contributed by atoms with van der Waals surface area (Å²) in [4.78, 5) is 2.11. The Morgan fingerprint density at radius 1 is 1.19 bits per heavy atom. The summed E-state index contributed by atoms with van der Waals surface area (Å²) < 4.78 is 38.3. The van der Waals surface area contributed by atoms with E-state index in [1.165, 1.54) is 18.9 Å². The number of nitrogens with two attached hydrogens (primary N) is 1. The van der Waals surface area contributed by atoms with Crippen molar-refractivity contribution in [2.45, 2.75) is 51.4 Å². The number of benzene rings is 1. The summed E-state index contributed by atoms with van der Waals surface area (Å²) in [5.41, 5.74) is 6.42. The maximum Gasteiger partial charge on any atom is 0.416 e. The lowest BCUT2D eigenvalue weighted by Gasteiger charge is -2.36. The second-order valence-electron chi connectivity index (χ2n) is 6.07. The van der Waals surface area contributed by atoms with Crippen molar-refractivity contribution in [3.05, 3.63) is 29.3 Å². The average Bonchev–Trinajstić information content (AvgIpc) is 2.45. The highest BCUT2D eigenvalue weighted by Gasteiger charge is 2.31. The molecule has 0 radical (unpaired) electrons. The van der Waals surface area contributed by atoms with E-state index in [1.807, 2.05) is 7.05 Å². The standard InChI is InChI=1S/C16H23F3N2/c1-11-3-6-14(7-4-11)21(2)15-8-5-13(16(17,18)19)9-12(15)10-20/h5,8-9,11,14H,3-4,6-7,10,20H2,1-2H3. The summed E-state index contributed by atoms with van der Waals surface area (Å²) in [7, 11) is 1.96. The molecule has 0 saturated heterocycles. The first kappa shape index (κ1) is 16.1. The van der Waals surface area contributed by atoms with Crippen LogP contribution in [0.4, 0.5) is 18.9 Å². The Bertz CT molecular complexity index is 477. The maximum atomic E-state index is 12.8. The lowest BCUT2D eigenvalue weighted by atomic mass is 9.86. The smallest absolute Gasteiger partial charge is 0.371 e. The summed E-state index contributed by atoms with van der Waals surface area (Å²) in [6, 6.07) is 4.28. The van der Waals surface area contributed by atoms with Gasteiger partial charge in [-0.3, -0.25) is 0 Å². The van der Waals surface area contributed by atoms with Crippen molar-refractivity contribution in [1.82, 2.24) is 0 Å². The molecule has 2 nitrogen and oxygen atoms in total. The molecule has 0 bridgehead atoms. The fourth-order valence-electron chi connectivity index (χ4n) is 3.10. The number of rotatable bonds is 3. The van der Waals surface area contributed by atoms with Crippen LogP contribution < -0.4 is 10.6 Å². The minimum atomic E-state index is -4.32. The molecule has 0 aliphatic heterocycles. The molecule has 0 heterocycles. The van der Waals surface area contributed by atoms with Crippen LogP contribution in [0.1, 0.15) is 43.7 Å². The van der Waals surface area contributed by atoms with E-state index in [0.29, 0.717) is 11.6 Å². The number of hydrogen-bond donors (Lipinski definition) is 1. The van der Waals surface area contributed by atoms with Gasteiger partial charge in [-0.15, -0.1) is 0 Å². The van der Waals surface area contributed by atoms with Crippen LogP contribution in [0.3, 0.4) is 0 Å². The zero-order chi connectivity index (χ0) is 15.6. The Labute approximate surface area is 124 Å². The van der Waals surface area contributed by atoms with Crippen molar-refractivity contribution in [3.63, 3.8) is 0 Å². The van der Waals surface area contributed by atoms with Gasteiger partial charge < -0.3 is 10.6 Å². The lowest BCUT2D eigenvalue weighted by Crippen LogP contribution is -2.35. The molecule has 1 fully saturated rings. The molecule has 1 aromatic carbocycles. The highest BCUT2D eigenvalue weighted by molar-refractivity contribution is 5.55. The summed E-state index contributed by atoms with van der Waals surface area (Å²) in [6.45, 7) is 2.37. The highest BCUT2D eigenvalue weighted by Crippen LogP contribution is 2.35. The molecular weight excluding hydrogens is 277 g/mol. The van der Waals surface area contributed by atoms with Crippen molar-refractivity contribution >= 4 is 5.69 Å². The van der Waals surface area contributed by atoms with Crippen LogP contribution in [-0.4, -0.2) is 13.1 Å². The van der Waals surface area contributed by atoms with Gasteiger partial charge in [-0.1, -0.05) is 6.92 Å². The van der Waals surface area contributed by atoms with E-state index in [1.54, 1.807) is 6.07 Å². The quantitative estimate of drug-likeness (QED) is 0.907. The number of halogens is 3. The monoisotopic (exact) mass is 300 g/mol. The first-order valence-electron chi connectivity index (χ1n) is 7.46. The summed E-state index contributed by atoms with van der Waals surface area (Å²) in [6.07, 6.45) is 0.202. The Morgan fingerprint density at radius 2 is 1.81 bits per heavy atom. The van der Waals surface area contributed by atoms with Crippen LogP contribution >= 0.6 is 0 Å². The third-order valence-electron chi connectivity index (χ3n) is 4.54. The normalized spacial score (nSPS) is 23.1. The molecule has 1 aromatic rings. The Kier molecular flexibility index (Phi) is 4.81. The third-order valence-corrected chi connectivity index (χ3v) is 4.54. The predicted molar refractivity (Wildman–Crippen MR) is 79.2 cm³/mol. The van der Waals surface area contributed by atoms with Gasteiger partial charge in [0.25, 0.3) is 0 Å². The second kappa shape index (κ2) is 6.26. The van der Waals surface area contributed by atoms with Gasteiger partial charge in [-0.2, -0.15) is 13.2 Å². The molecule has 0 atom stereocenters. The van der Waals surface area contributed by atoms with Gasteiger partial charge in [-0.05, 0) is 55.4 Å². The molecule has 1 aliphatic rings. The van der Waals surface area contributed by atoms with Crippen LogP contribution in [0.25, 0.3) is 0 Å². The van der Waals surface area contributed by atoms with E-state index < -0.39 is 11.7 Å². The van der Waals surface area contributed by atoms with Crippen LogP contribution in [0.2, 0.25) is 0 Å². The summed E-state index contributed by atoms with van der Waals surface area (Å²) >= 11 is 0. The van der Waals surface area contributed by atoms with Gasteiger partial charge in [-0.25, -0.2) is 0 Å². The lowest BCUT2D eigenvalue weighted by molar-refractivity contribution is -0.137. The maximum absolute atomic E-state index is 12.8. The molecule has 1 aliphatic carbocycles. The zero-order valence-corrected chi connectivity index (χ0v) is 12.6. The first-order chi connectivity index (χ1) is 9.82. The molecule has 21 heavy (non-hydrogen) atoms. The molecule has 118 valence electrons. The van der Waals surface area contributed by atoms with Crippen molar-refractivity contribution in [3.8, 4) is 0 Å². The fraction of sp³-hybridized carbons (Fsp3) is 0.625. The largest absolute Gasteiger partial charge is 0.416 e. The van der Waals surface area contributed by atoms with E-state index in [2.05, 4.69) is 11.8 Å². The van der Waals surface area contributed by atoms with Crippen LogP contribution in [0.5, 0.6) is 0 Å². The van der Waals surface area contributed by atoms with E-state index in [-0.39, 0.29) is 6.54 Å². The summed E-state index contributed by atoms with van der Waals surface area (Å²) in [5, 5.41) is 0. The van der Waals surface area contributed by atoms with Gasteiger partial charge in [0.15, 0.2) is 0 Å². The van der Waals surface area contributed by atoms with Crippen molar-refractivity contribution < 1.29 is 13.2 Å². The van der Waals surface area contributed by atoms with Gasteiger partial charge in [0.05, 0.1) is 5.56 Å². The number of nitrogens with zero attached hydrogens (tertiary/aromatic N) is 1. The fourth-order valence-corrected chi connectivity index (χ4v) is 3.10. The minimum Gasteiger partial charge on any atom is -0.371 e. The van der Waals surface area contributed by atoms with Gasteiger partial charge in [0.1, 0.15) is 0 Å². The molecular formula is C16H23F3N2. The molecule has 5 heteroatoms. The molecule has 0 aromatic heterocycles. The molecule has 2 N–H and O–H groups in total. The van der Waals surface area contributed by atoms with E-state index in [4.69, 9.17) is 5.73 Å². The molecule has 1 saturated carbocycles. The van der Waals surface area contributed by atoms with Crippen molar-refractivity contribution in [1.29, 1.82) is 0 Å². The Hall–Kier alpha value is -1.23.